The molecule has 0 aliphatic carbocycles. The summed E-state index contributed by atoms with van der Waals surface area (Å²) in [4.78, 5) is 32.5. The third kappa shape index (κ3) is 4.71. The van der Waals surface area contributed by atoms with Gasteiger partial charge in [-0.1, -0.05) is 19.9 Å². The maximum atomic E-state index is 11.8. The summed E-state index contributed by atoms with van der Waals surface area (Å²) in [7, 11) is 0. The Kier molecular flexibility index (Phi) is 5.36. The van der Waals surface area contributed by atoms with Crippen molar-refractivity contribution in [2.24, 2.45) is 0 Å². The predicted molar refractivity (Wildman–Crippen MR) is 71.8 cm³/mol. The zero-order chi connectivity index (χ0) is 16.3. The normalized spacial score (nSPS) is 24.7. The molecule has 2 atom stereocenters. The first kappa shape index (κ1) is 17.5. The van der Waals surface area contributed by atoms with Crippen LogP contribution in [0.3, 0.4) is 0 Å². The maximum absolute atomic E-state index is 11.8. The summed E-state index contributed by atoms with van der Waals surface area (Å²) in [5.41, 5.74) is -0.462. The van der Waals surface area contributed by atoms with Crippen LogP contribution in [0.25, 0.3) is 0 Å². The van der Waals surface area contributed by atoms with Crippen molar-refractivity contribution >= 4 is 12.1 Å². The quantitative estimate of drug-likeness (QED) is 0.424. The van der Waals surface area contributed by atoms with E-state index in [1.807, 2.05) is 6.92 Å². The van der Waals surface area contributed by atoms with E-state index < -0.39 is 29.8 Å². The van der Waals surface area contributed by atoms with Gasteiger partial charge in [-0.05, 0) is 27.2 Å². The number of rotatable bonds is 6. The molecule has 1 aliphatic heterocycles. The van der Waals surface area contributed by atoms with Gasteiger partial charge in [0.2, 0.25) is 0 Å². The summed E-state index contributed by atoms with van der Waals surface area (Å²) >= 11 is 0. The maximum Gasteiger partial charge on any atom is 0.511 e. The lowest BCUT2D eigenvalue weighted by Gasteiger charge is -2.41. The van der Waals surface area contributed by atoms with Crippen molar-refractivity contribution in [1.82, 2.24) is 0 Å². The summed E-state index contributed by atoms with van der Waals surface area (Å²) < 4.78 is 15.2. The van der Waals surface area contributed by atoms with E-state index in [2.05, 4.69) is 11.5 Å². The molecule has 1 saturated heterocycles. The molecule has 120 valence electrons. The molecule has 1 fully saturated rings. The summed E-state index contributed by atoms with van der Waals surface area (Å²) in [6, 6.07) is 0. The molecule has 7 nitrogen and oxygen atoms in total. The first-order valence-corrected chi connectivity index (χ1v) is 6.72. The van der Waals surface area contributed by atoms with E-state index in [0.717, 1.165) is 6.42 Å². The Morgan fingerprint density at radius 1 is 1.38 bits per heavy atom. The van der Waals surface area contributed by atoms with E-state index in [-0.39, 0.29) is 5.57 Å². The Hall–Kier alpha value is -1.60. The van der Waals surface area contributed by atoms with Crippen LogP contribution in [0.4, 0.5) is 4.79 Å². The molecule has 0 aromatic rings. The van der Waals surface area contributed by atoms with Gasteiger partial charge in [0, 0.05) is 12.5 Å². The van der Waals surface area contributed by atoms with Crippen LogP contribution in [-0.2, 0) is 28.8 Å². The smallest absolute Gasteiger partial charge is 0.428 e. The van der Waals surface area contributed by atoms with E-state index in [0.29, 0.717) is 6.42 Å². The average molecular weight is 302 g/mol. The van der Waals surface area contributed by atoms with Gasteiger partial charge in [-0.2, -0.15) is 9.78 Å². The third-order valence-corrected chi connectivity index (χ3v) is 2.79. The largest absolute Gasteiger partial charge is 0.511 e. The monoisotopic (exact) mass is 302 g/mol. The lowest BCUT2D eigenvalue weighted by molar-refractivity contribution is -0.595. The molecule has 0 spiro atoms. The van der Waals surface area contributed by atoms with Gasteiger partial charge in [0.05, 0.1) is 0 Å². The van der Waals surface area contributed by atoms with Crippen molar-refractivity contribution in [2.75, 3.05) is 0 Å². The van der Waals surface area contributed by atoms with Crippen molar-refractivity contribution < 1.29 is 33.6 Å². The Balaban J connectivity index is 2.55. The van der Waals surface area contributed by atoms with Gasteiger partial charge in [-0.3, -0.25) is 0 Å². The molecular formula is C14H22O7. The topological polar surface area (TPSA) is 80.3 Å². The summed E-state index contributed by atoms with van der Waals surface area (Å²) in [6.45, 7) is 11.9. The number of ether oxygens (including phenoxy) is 3. The number of hydrogen-bond acceptors (Lipinski definition) is 7. The van der Waals surface area contributed by atoms with Crippen molar-refractivity contribution in [3.63, 3.8) is 0 Å². The molecule has 0 amide bonds. The van der Waals surface area contributed by atoms with E-state index in [4.69, 9.17) is 19.1 Å². The molecule has 0 N–H and O–H groups in total. The molecule has 0 radical (unpaired) electrons. The van der Waals surface area contributed by atoms with Crippen LogP contribution in [0.2, 0.25) is 0 Å². The van der Waals surface area contributed by atoms with E-state index in [9.17, 15) is 9.59 Å². The van der Waals surface area contributed by atoms with Crippen molar-refractivity contribution in [3.8, 4) is 0 Å². The fraction of sp³-hybridized carbons (Fsp3) is 0.714. The lowest BCUT2D eigenvalue weighted by Crippen LogP contribution is -2.59. The van der Waals surface area contributed by atoms with Gasteiger partial charge < -0.3 is 14.2 Å². The number of hydrogen-bond donors (Lipinski definition) is 0. The molecule has 0 aromatic heterocycles. The third-order valence-electron chi connectivity index (χ3n) is 2.79. The molecule has 21 heavy (non-hydrogen) atoms. The Morgan fingerprint density at radius 3 is 2.43 bits per heavy atom. The van der Waals surface area contributed by atoms with Gasteiger partial charge in [0.1, 0.15) is 5.60 Å². The van der Waals surface area contributed by atoms with Gasteiger partial charge in [0.25, 0.3) is 0 Å². The molecule has 1 aliphatic rings. The summed E-state index contributed by atoms with van der Waals surface area (Å²) in [5, 5.41) is 0. The highest BCUT2D eigenvalue weighted by molar-refractivity contribution is 5.87. The fourth-order valence-corrected chi connectivity index (χ4v) is 1.68. The molecule has 0 aromatic carbocycles. The van der Waals surface area contributed by atoms with Gasteiger partial charge in [0.15, 0.2) is 0 Å². The minimum Gasteiger partial charge on any atom is -0.428 e. The fourth-order valence-electron chi connectivity index (χ4n) is 1.68. The van der Waals surface area contributed by atoms with Crippen LogP contribution in [0.15, 0.2) is 12.2 Å². The van der Waals surface area contributed by atoms with Gasteiger partial charge in [-0.15, -0.1) is 0 Å². The highest BCUT2D eigenvalue weighted by Crippen LogP contribution is 2.33. The first-order chi connectivity index (χ1) is 9.59. The Labute approximate surface area is 124 Å². The minimum atomic E-state index is -1.54. The molecule has 0 bridgehead atoms. The van der Waals surface area contributed by atoms with Crippen LogP contribution in [0.1, 0.15) is 47.5 Å². The van der Waals surface area contributed by atoms with Gasteiger partial charge >= 0.3 is 24.2 Å². The molecule has 2 unspecified atom stereocenters. The van der Waals surface area contributed by atoms with Crippen LogP contribution >= 0.6 is 0 Å². The second-order valence-electron chi connectivity index (χ2n) is 5.68. The number of carbonyl (C=O) groups excluding carboxylic acids is 2. The molecule has 0 saturated carbocycles. The Bertz CT molecular complexity index is 429. The second kappa shape index (κ2) is 6.44. The molecule has 1 rings (SSSR count). The zero-order valence-electron chi connectivity index (χ0n) is 13.1. The molecular weight excluding hydrogens is 280 g/mol. The lowest BCUT2D eigenvalue weighted by atomic mass is 10.0. The molecule has 7 heteroatoms. The summed E-state index contributed by atoms with van der Waals surface area (Å²) in [5.74, 6) is -2.21. The van der Waals surface area contributed by atoms with Crippen LogP contribution in [0, 0.1) is 0 Å². The van der Waals surface area contributed by atoms with Crippen molar-refractivity contribution in [3.05, 3.63) is 12.2 Å². The average Bonchev–Trinajstić information content (AvgIpc) is 2.32. The van der Waals surface area contributed by atoms with Crippen molar-refractivity contribution in [1.29, 1.82) is 0 Å². The van der Waals surface area contributed by atoms with Gasteiger partial charge in [-0.25, -0.2) is 9.59 Å². The number of carbonyl (C=O) groups is 2. The second-order valence-corrected chi connectivity index (χ2v) is 5.68. The highest BCUT2D eigenvalue weighted by atomic mass is 17.3. The molecule has 1 heterocycles. The number of esters is 1. The van der Waals surface area contributed by atoms with Crippen LogP contribution in [0.5, 0.6) is 0 Å². The van der Waals surface area contributed by atoms with Crippen LogP contribution < -0.4 is 0 Å². The SMILES string of the molecule is C=C(C)C(=O)OC1OOC1(C)OC(=O)OC(C)(C)CCC. The van der Waals surface area contributed by atoms with E-state index in [1.54, 1.807) is 13.8 Å². The standard InChI is InChI=1S/C14H22O7/c1-7-8-13(4,5)18-12(16)19-14(6)11(20-21-14)17-10(15)9(2)3/h11H,2,7-8H2,1,3-6H3. The summed E-state index contributed by atoms with van der Waals surface area (Å²) in [6.07, 6.45) is -0.542. The minimum absolute atomic E-state index is 0.194. The predicted octanol–water partition coefficient (Wildman–Crippen LogP) is 2.84. The first-order valence-electron chi connectivity index (χ1n) is 6.72. The van der Waals surface area contributed by atoms with Crippen molar-refractivity contribution in [2.45, 2.75) is 65.1 Å². The Morgan fingerprint density at radius 2 is 2.00 bits per heavy atom. The van der Waals surface area contributed by atoms with Crippen LogP contribution in [-0.4, -0.2) is 29.8 Å². The highest BCUT2D eigenvalue weighted by Gasteiger charge is 2.55. The zero-order valence-corrected chi connectivity index (χ0v) is 13.1. The van der Waals surface area contributed by atoms with E-state index >= 15 is 0 Å². The van der Waals surface area contributed by atoms with E-state index in [1.165, 1.54) is 13.8 Å².